The molecule has 0 aromatic carbocycles. The average molecular weight is 130 g/mol. The fraction of sp³-hybridized carbons (Fsp3) is 0.500. The summed E-state index contributed by atoms with van der Waals surface area (Å²) in [6.45, 7) is 3.17. The first kappa shape index (κ1) is 6.13. The Morgan fingerprint density at radius 3 is 2.44 bits per heavy atom. The highest BCUT2D eigenvalue weighted by atomic mass is 16.5. The fourth-order valence-electron chi connectivity index (χ4n) is 0.741. The van der Waals surface area contributed by atoms with Crippen molar-refractivity contribution in [3.05, 3.63) is 11.5 Å². The minimum Gasteiger partial charge on any atom is -0.502 e. The highest BCUT2D eigenvalue weighted by molar-refractivity contribution is 5.98. The van der Waals surface area contributed by atoms with E-state index in [1.54, 1.807) is 13.8 Å². The van der Waals surface area contributed by atoms with E-state index in [9.17, 15) is 4.79 Å². The molecule has 1 N–H and O–H groups in total. The second kappa shape index (κ2) is 1.76. The van der Waals surface area contributed by atoms with Crippen LogP contribution in [0.4, 0.5) is 0 Å². The van der Waals surface area contributed by atoms with Gasteiger partial charge in [-0.15, -0.1) is 0 Å². The first-order valence-corrected chi connectivity index (χ1v) is 2.73. The lowest BCUT2D eigenvalue weighted by Gasteiger charge is -1.99. The van der Waals surface area contributed by atoms with Crippen molar-refractivity contribution in [3.63, 3.8) is 0 Å². The van der Waals surface area contributed by atoms with E-state index in [4.69, 9.17) is 9.84 Å². The Bertz CT molecular complexity index is 181. The third-order valence-corrected chi connectivity index (χ3v) is 1.29. The first-order chi connectivity index (χ1) is 4.13. The highest BCUT2D eigenvalue weighted by Gasteiger charge is 2.28. The summed E-state index contributed by atoms with van der Waals surface area (Å²) >= 11 is 0. The molecule has 0 bridgehead atoms. The summed E-state index contributed by atoms with van der Waals surface area (Å²) in [6, 6.07) is 0. The summed E-state index contributed by atoms with van der Waals surface area (Å²) in [4.78, 5) is 10.7. The molecule has 0 saturated carbocycles. The van der Waals surface area contributed by atoms with Crippen molar-refractivity contribution in [1.29, 1.82) is 0 Å². The Morgan fingerprint density at radius 1 is 1.78 bits per heavy atom. The van der Waals surface area contributed by atoms with Gasteiger partial charge in [0.1, 0.15) is 5.76 Å². The molecule has 1 aliphatic rings. The molecule has 1 rings (SSSR count). The van der Waals surface area contributed by atoms with Gasteiger partial charge in [-0.25, -0.2) is 0 Å². The maximum atomic E-state index is 10.7. The number of carbonyl (C=O) groups is 1. The molecule has 0 fully saturated rings. The highest BCUT2D eigenvalue weighted by Crippen LogP contribution is 2.17. The SMILES string of the molecule is CC1=C(O)C(=O)C([14CH3])O1. The van der Waals surface area contributed by atoms with Crippen molar-refractivity contribution in [2.75, 3.05) is 0 Å². The number of aliphatic hydroxyl groups excluding tert-OH is 1. The van der Waals surface area contributed by atoms with Gasteiger partial charge in [0, 0.05) is 0 Å². The lowest BCUT2D eigenvalue weighted by Crippen LogP contribution is -2.12. The van der Waals surface area contributed by atoms with Crippen molar-refractivity contribution in [1.82, 2.24) is 0 Å². The van der Waals surface area contributed by atoms with Crippen LogP contribution in [0, 0.1) is 0 Å². The molecule has 0 spiro atoms. The van der Waals surface area contributed by atoms with Crippen LogP contribution in [-0.2, 0) is 9.53 Å². The maximum Gasteiger partial charge on any atom is 0.240 e. The van der Waals surface area contributed by atoms with E-state index < -0.39 is 6.10 Å². The zero-order valence-corrected chi connectivity index (χ0v) is 5.34. The topological polar surface area (TPSA) is 46.5 Å². The summed E-state index contributed by atoms with van der Waals surface area (Å²) in [5.41, 5.74) is 0. The molecule has 0 radical (unpaired) electrons. The van der Waals surface area contributed by atoms with Gasteiger partial charge in [0.2, 0.25) is 11.5 Å². The van der Waals surface area contributed by atoms with Crippen molar-refractivity contribution < 1.29 is 14.6 Å². The average Bonchev–Trinajstić information content (AvgIpc) is 1.98. The number of allylic oxidation sites excluding steroid dienone is 1. The van der Waals surface area contributed by atoms with E-state index in [-0.39, 0.29) is 11.5 Å². The third-order valence-electron chi connectivity index (χ3n) is 1.29. The van der Waals surface area contributed by atoms with Gasteiger partial charge in [-0.1, -0.05) is 0 Å². The van der Waals surface area contributed by atoms with Crippen LogP contribution in [-0.4, -0.2) is 17.0 Å². The Morgan fingerprint density at radius 2 is 2.33 bits per heavy atom. The fourth-order valence-corrected chi connectivity index (χ4v) is 0.741. The largest absolute Gasteiger partial charge is 0.502 e. The minimum absolute atomic E-state index is 0.234. The number of ketones is 1. The van der Waals surface area contributed by atoms with Crippen LogP contribution in [0.1, 0.15) is 13.8 Å². The van der Waals surface area contributed by atoms with Crippen LogP contribution < -0.4 is 0 Å². The Balaban J connectivity index is 2.87. The predicted octanol–water partition coefficient (Wildman–Crippen LogP) is 0.764. The van der Waals surface area contributed by atoms with Crippen LogP contribution in [0.15, 0.2) is 11.5 Å². The van der Waals surface area contributed by atoms with E-state index in [2.05, 4.69) is 0 Å². The van der Waals surface area contributed by atoms with Gasteiger partial charge >= 0.3 is 0 Å². The Hall–Kier alpha value is -0.990. The van der Waals surface area contributed by atoms with Crippen LogP contribution in [0.25, 0.3) is 0 Å². The van der Waals surface area contributed by atoms with Gasteiger partial charge in [0.15, 0.2) is 6.10 Å². The molecule has 3 heteroatoms. The Labute approximate surface area is 52.9 Å². The minimum atomic E-state index is -0.495. The van der Waals surface area contributed by atoms with Gasteiger partial charge in [-0.3, -0.25) is 4.79 Å². The van der Waals surface area contributed by atoms with Crippen LogP contribution in [0.5, 0.6) is 0 Å². The number of ether oxygens (including phenoxy) is 1. The van der Waals surface area contributed by atoms with E-state index in [1.165, 1.54) is 0 Å². The van der Waals surface area contributed by atoms with E-state index in [0.29, 0.717) is 5.76 Å². The quantitative estimate of drug-likeness (QED) is 0.526. The molecule has 0 saturated heterocycles. The molecule has 1 heterocycles. The summed E-state index contributed by atoms with van der Waals surface area (Å²) in [7, 11) is 0. The smallest absolute Gasteiger partial charge is 0.240 e. The molecule has 1 atom stereocenters. The van der Waals surface area contributed by atoms with Gasteiger partial charge in [-0.05, 0) is 13.8 Å². The number of Topliss-reactive ketones (excluding diaryl/α,β-unsaturated/α-hetero) is 1. The second-order valence-corrected chi connectivity index (χ2v) is 2.03. The molecule has 0 aromatic heterocycles. The van der Waals surface area contributed by atoms with Gasteiger partial charge < -0.3 is 9.84 Å². The normalized spacial score (nSPS) is 26.9. The summed E-state index contributed by atoms with van der Waals surface area (Å²) < 4.78 is 4.87. The molecular weight excluding hydrogens is 122 g/mol. The zero-order chi connectivity index (χ0) is 7.02. The molecule has 0 aromatic rings. The summed E-state index contributed by atoms with van der Waals surface area (Å²) in [5, 5.41) is 8.84. The molecule has 0 aliphatic carbocycles. The van der Waals surface area contributed by atoms with Crippen molar-refractivity contribution in [2.45, 2.75) is 20.0 Å². The van der Waals surface area contributed by atoms with E-state index in [0.717, 1.165) is 0 Å². The number of hydrogen-bond donors (Lipinski definition) is 1. The van der Waals surface area contributed by atoms with E-state index in [1.807, 2.05) is 0 Å². The zero-order valence-electron chi connectivity index (χ0n) is 5.34. The summed E-state index contributed by atoms with van der Waals surface area (Å²) in [5.74, 6) is -0.234. The van der Waals surface area contributed by atoms with Gasteiger partial charge in [-0.2, -0.15) is 0 Å². The third kappa shape index (κ3) is 0.781. The van der Waals surface area contributed by atoms with Crippen molar-refractivity contribution in [3.8, 4) is 0 Å². The number of hydrogen-bond acceptors (Lipinski definition) is 3. The first-order valence-electron chi connectivity index (χ1n) is 2.73. The lowest BCUT2D eigenvalue weighted by molar-refractivity contribution is -0.122. The predicted molar refractivity (Wildman–Crippen MR) is 30.9 cm³/mol. The van der Waals surface area contributed by atoms with Gasteiger partial charge in [0.25, 0.3) is 0 Å². The van der Waals surface area contributed by atoms with Crippen molar-refractivity contribution >= 4 is 5.78 Å². The monoisotopic (exact) mass is 130 g/mol. The van der Waals surface area contributed by atoms with Crippen molar-refractivity contribution in [2.24, 2.45) is 0 Å². The van der Waals surface area contributed by atoms with E-state index >= 15 is 0 Å². The summed E-state index contributed by atoms with van der Waals surface area (Å²) in [6.07, 6.45) is -0.495. The Kier molecular flexibility index (Phi) is 1.20. The molecular formula is C6H8O3. The van der Waals surface area contributed by atoms with Crippen LogP contribution in [0.3, 0.4) is 0 Å². The molecule has 1 aliphatic heterocycles. The number of aliphatic hydroxyl groups is 1. The van der Waals surface area contributed by atoms with Gasteiger partial charge in [0.05, 0.1) is 0 Å². The number of rotatable bonds is 0. The second-order valence-electron chi connectivity index (χ2n) is 2.03. The number of carbonyl (C=O) groups excluding carboxylic acids is 1. The molecule has 1 unspecified atom stereocenters. The lowest BCUT2D eigenvalue weighted by atomic mass is 10.3. The maximum absolute atomic E-state index is 10.7. The van der Waals surface area contributed by atoms with Crippen LogP contribution >= 0.6 is 0 Å². The standard InChI is InChI=1S/C6H8O3/c1-3-5(7)6(8)4(2)9-3/h3,8H,1-2H3/i1+2. The molecule has 0 amide bonds. The van der Waals surface area contributed by atoms with Crippen LogP contribution in [0.2, 0.25) is 0 Å². The molecule has 3 nitrogen and oxygen atoms in total. The molecule has 50 valence electrons. The molecule has 9 heavy (non-hydrogen) atoms.